The first kappa shape index (κ1) is 34.1. The van der Waals surface area contributed by atoms with Crippen molar-refractivity contribution in [3.63, 3.8) is 0 Å². The highest BCUT2D eigenvalue weighted by atomic mass is 35.5. The maximum Gasteiger partial charge on any atom is 0.410 e. The zero-order valence-electron chi connectivity index (χ0n) is 26.1. The lowest BCUT2D eigenvalue weighted by Gasteiger charge is -2.37. The molecule has 1 aliphatic heterocycles. The predicted molar refractivity (Wildman–Crippen MR) is 171 cm³/mol. The second kappa shape index (κ2) is 14.5. The summed E-state index contributed by atoms with van der Waals surface area (Å²) in [4.78, 5) is 47.3. The molecule has 0 aliphatic carbocycles. The van der Waals surface area contributed by atoms with E-state index in [1.807, 2.05) is 20.8 Å². The third kappa shape index (κ3) is 9.12. The molecule has 1 aromatic carbocycles. The first-order valence-electron chi connectivity index (χ1n) is 14.4. The van der Waals surface area contributed by atoms with Crippen LogP contribution in [0.25, 0.3) is 10.9 Å². The van der Waals surface area contributed by atoms with Crippen molar-refractivity contribution in [3.05, 3.63) is 45.1 Å². The second-order valence-electron chi connectivity index (χ2n) is 11.8. The molecular formula is C30H38Cl2N6O7. The topological polar surface area (TPSA) is 146 Å². The number of hydrogen-bond acceptors (Lipinski definition) is 10. The van der Waals surface area contributed by atoms with E-state index in [-0.39, 0.29) is 65.7 Å². The normalized spacial score (nSPS) is 16.8. The van der Waals surface area contributed by atoms with Gasteiger partial charge in [-0.25, -0.2) is 9.78 Å². The van der Waals surface area contributed by atoms with Crippen LogP contribution in [0.4, 0.5) is 16.3 Å². The summed E-state index contributed by atoms with van der Waals surface area (Å²) in [5, 5.41) is 6.40. The zero-order valence-corrected chi connectivity index (χ0v) is 27.6. The van der Waals surface area contributed by atoms with E-state index in [4.69, 9.17) is 42.1 Å². The lowest BCUT2D eigenvalue weighted by molar-refractivity contribution is -0.122. The number of piperidine rings is 1. The SMILES string of the molecule is CNC(=O)COc1cc2cc(Nc3nc(Cl)ncc3Cl)cc(OCCO[C@H]3C[C@@H](C)CN(C(=O)OC(C)(C)C)C3)c2n(C)c1=O. The van der Waals surface area contributed by atoms with Crippen molar-refractivity contribution in [2.75, 3.05) is 45.3 Å². The predicted octanol–water partition coefficient (Wildman–Crippen LogP) is 4.54. The highest BCUT2D eigenvalue weighted by Gasteiger charge is 2.31. The van der Waals surface area contributed by atoms with E-state index in [9.17, 15) is 14.4 Å². The van der Waals surface area contributed by atoms with Crippen molar-refractivity contribution in [1.82, 2.24) is 24.8 Å². The van der Waals surface area contributed by atoms with E-state index >= 15 is 0 Å². The minimum Gasteiger partial charge on any atom is -0.489 e. The molecule has 2 atom stereocenters. The standard InChI is InChI=1S/C30H38Cl2N6O7/c1-17-9-20(15-38(14-17)29(41)45-30(2,3)4)42-7-8-43-22-12-19(35-26-21(31)13-34-28(32)36-26)10-18-11-23(44-16-24(39)33-5)27(40)37(6)25(18)22/h10-13,17,20H,7-9,14-16H2,1-6H3,(H,33,39)(H,34,35,36)/t17-,20+/m1/s1. The molecule has 244 valence electrons. The van der Waals surface area contributed by atoms with Gasteiger partial charge in [0.25, 0.3) is 11.5 Å². The molecule has 45 heavy (non-hydrogen) atoms. The smallest absolute Gasteiger partial charge is 0.410 e. The van der Waals surface area contributed by atoms with E-state index in [1.54, 1.807) is 30.1 Å². The van der Waals surface area contributed by atoms with Crippen LogP contribution in [0.5, 0.6) is 11.5 Å². The summed E-state index contributed by atoms with van der Waals surface area (Å²) in [6, 6.07) is 5.00. The van der Waals surface area contributed by atoms with Crippen LogP contribution < -0.4 is 25.7 Å². The molecule has 0 spiro atoms. The van der Waals surface area contributed by atoms with Crippen LogP contribution in [-0.4, -0.2) is 83.1 Å². The number of likely N-dealkylation sites (N-methyl/N-ethyl adjacent to an activating group) is 1. The lowest BCUT2D eigenvalue weighted by Crippen LogP contribution is -2.48. The van der Waals surface area contributed by atoms with Crippen molar-refractivity contribution in [2.24, 2.45) is 13.0 Å². The minimum atomic E-state index is -0.587. The Morgan fingerprint density at radius 2 is 1.84 bits per heavy atom. The van der Waals surface area contributed by atoms with Gasteiger partial charge in [-0.2, -0.15) is 4.98 Å². The molecule has 4 rings (SSSR count). The van der Waals surface area contributed by atoms with Gasteiger partial charge in [0.15, 0.2) is 18.2 Å². The van der Waals surface area contributed by atoms with Crippen LogP contribution in [0.15, 0.2) is 29.2 Å². The molecule has 0 saturated carbocycles. The number of rotatable bonds is 10. The van der Waals surface area contributed by atoms with Crippen LogP contribution in [0, 0.1) is 5.92 Å². The second-order valence-corrected chi connectivity index (χ2v) is 12.5. The Morgan fingerprint density at radius 1 is 1.09 bits per heavy atom. The molecule has 0 radical (unpaired) electrons. The average molecular weight is 666 g/mol. The van der Waals surface area contributed by atoms with E-state index in [2.05, 4.69) is 27.5 Å². The molecule has 13 nitrogen and oxygen atoms in total. The summed E-state index contributed by atoms with van der Waals surface area (Å²) in [6.45, 7) is 8.65. The average Bonchev–Trinajstić information content (AvgIpc) is 2.96. The molecule has 15 heteroatoms. The Labute approximate surface area is 271 Å². The van der Waals surface area contributed by atoms with Gasteiger partial charge in [-0.15, -0.1) is 0 Å². The van der Waals surface area contributed by atoms with Gasteiger partial charge < -0.3 is 39.0 Å². The first-order valence-corrected chi connectivity index (χ1v) is 15.2. The quantitative estimate of drug-likeness (QED) is 0.234. The van der Waals surface area contributed by atoms with Crippen LogP contribution in [0.1, 0.15) is 34.1 Å². The summed E-state index contributed by atoms with van der Waals surface area (Å²) >= 11 is 12.3. The van der Waals surface area contributed by atoms with Crippen LogP contribution in [-0.2, 0) is 21.3 Å². The van der Waals surface area contributed by atoms with E-state index in [0.29, 0.717) is 35.4 Å². The summed E-state index contributed by atoms with van der Waals surface area (Å²) in [5.74, 6) is 0.491. The maximum atomic E-state index is 13.2. The monoisotopic (exact) mass is 664 g/mol. The Hall–Kier alpha value is -3.81. The van der Waals surface area contributed by atoms with E-state index in [1.165, 1.54) is 17.8 Å². The van der Waals surface area contributed by atoms with Crippen molar-refractivity contribution in [1.29, 1.82) is 0 Å². The molecule has 3 aromatic rings. The third-order valence-corrected chi connectivity index (χ3v) is 7.28. The highest BCUT2D eigenvalue weighted by molar-refractivity contribution is 6.33. The molecule has 1 saturated heterocycles. The summed E-state index contributed by atoms with van der Waals surface area (Å²) in [6.07, 6.45) is 1.61. The Bertz CT molecular complexity index is 1610. The van der Waals surface area contributed by atoms with Crippen molar-refractivity contribution >= 4 is 57.6 Å². The van der Waals surface area contributed by atoms with Crippen molar-refractivity contribution in [2.45, 2.75) is 45.8 Å². The number of likely N-dealkylation sites (tertiary alicyclic amines) is 1. The molecule has 1 fully saturated rings. The molecule has 0 unspecified atom stereocenters. The zero-order chi connectivity index (χ0) is 32.9. The van der Waals surface area contributed by atoms with Gasteiger partial charge in [0.1, 0.15) is 23.0 Å². The number of amides is 2. The number of benzene rings is 1. The van der Waals surface area contributed by atoms with Crippen LogP contribution in [0.3, 0.4) is 0 Å². The molecule has 2 N–H and O–H groups in total. The largest absolute Gasteiger partial charge is 0.489 e. The number of nitrogens with zero attached hydrogens (tertiary/aromatic N) is 4. The van der Waals surface area contributed by atoms with Gasteiger partial charge in [0, 0.05) is 37.8 Å². The van der Waals surface area contributed by atoms with Gasteiger partial charge in [0.05, 0.1) is 31.0 Å². The fourth-order valence-electron chi connectivity index (χ4n) is 4.90. The molecular weight excluding hydrogens is 627 g/mol. The van der Waals surface area contributed by atoms with Gasteiger partial charge in [-0.05, 0) is 56.8 Å². The van der Waals surface area contributed by atoms with Gasteiger partial charge >= 0.3 is 6.09 Å². The third-order valence-electron chi connectivity index (χ3n) is 6.82. The number of ether oxygens (including phenoxy) is 4. The van der Waals surface area contributed by atoms with Gasteiger partial charge in [-0.1, -0.05) is 18.5 Å². The summed E-state index contributed by atoms with van der Waals surface area (Å²) in [5.41, 5.74) is -0.0135. The number of hydrogen-bond donors (Lipinski definition) is 2. The summed E-state index contributed by atoms with van der Waals surface area (Å²) in [7, 11) is 3.06. The van der Waals surface area contributed by atoms with Gasteiger partial charge in [-0.3, -0.25) is 9.59 Å². The summed E-state index contributed by atoms with van der Waals surface area (Å²) < 4.78 is 24.8. The molecule has 2 amide bonds. The Morgan fingerprint density at radius 3 is 2.56 bits per heavy atom. The fourth-order valence-corrected chi connectivity index (χ4v) is 5.17. The Kier molecular flexibility index (Phi) is 11.0. The van der Waals surface area contributed by atoms with E-state index in [0.717, 1.165) is 6.42 Å². The number of nitrogens with one attached hydrogen (secondary N) is 2. The van der Waals surface area contributed by atoms with E-state index < -0.39 is 11.2 Å². The minimum absolute atomic E-state index is 0.00543. The van der Waals surface area contributed by atoms with Crippen LogP contribution in [0.2, 0.25) is 10.3 Å². The first-order chi connectivity index (χ1) is 21.2. The number of halogens is 2. The number of anilines is 2. The van der Waals surface area contributed by atoms with Crippen LogP contribution >= 0.6 is 23.2 Å². The lowest BCUT2D eigenvalue weighted by atomic mass is 9.98. The Balaban J connectivity index is 1.55. The number of aromatic nitrogens is 3. The highest BCUT2D eigenvalue weighted by Crippen LogP contribution is 2.33. The maximum absolute atomic E-state index is 13.2. The number of pyridine rings is 1. The van der Waals surface area contributed by atoms with Crippen molar-refractivity contribution in [3.8, 4) is 11.5 Å². The van der Waals surface area contributed by atoms with Crippen molar-refractivity contribution < 1.29 is 28.5 Å². The molecule has 3 heterocycles. The molecule has 2 aromatic heterocycles. The van der Waals surface area contributed by atoms with Gasteiger partial charge in [0.2, 0.25) is 5.28 Å². The molecule has 1 aliphatic rings. The number of fused-ring (bicyclic) bond motifs is 1. The number of carbonyl (C=O) groups excluding carboxylic acids is 2. The number of aryl methyl sites for hydroxylation is 1. The number of carbonyl (C=O) groups is 2. The molecule has 0 bridgehead atoms. The fraction of sp³-hybridized carbons (Fsp3) is 0.500.